The summed E-state index contributed by atoms with van der Waals surface area (Å²) in [6.45, 7) is 5.64. The predicted octanol–water partition coefficient (Wildman–Crippen LogP) is 2.29. The van der Waals surface area contributed by atoms with Crippen molar-refractivity contribution in [1.82, 2.24) is 14.9 Å². The molecule has 0 bridgehead atoms. The number of nitrogens with one attached hydrogen (secondary N) is 1. The lowest BCUT2D eigenvalue weighted by molar-refractivity contribution is 0.272. The van der Waals surface area contributed by atoms with E-state index in [1.165, 1.54) is 11.3 Å². The van der Waals surface area contributed by atoms with Gasteiger partial charge in [-0.3, -0.25) is 0 Å². The second-order valence-corrected chi connectivity index (χ2v) is 4.90. The first-order valence-corrected chi connectivity index (χ1v) is 6.53. The summed E-state index contributed by atoms with van der Waals surface area (Å²) in [5.74, 6) is 0.916. The quantitative estimate of drug-likeness (QED) is 0.865. The van der Waals surface area contributed by atoms with Crippen LogP contribution in [0.2, 0.25) is 0 Å². The molecule has 1 atom stereocenters. The van der Waals surface area contributed by atoms with Crippen LogP contribution in [0.15, 0.2) is 36.8 Å². The summed E-state index contributed by atoms with van der Waals surface area (Å²) in [6.07, 6.45) is 3.69. The van der Waals surface area contributed by atoms with E-state index >= 15 is 0 Å². The predicted molar refractivity (Wildman–Crippen MR) is 76.2 cm³/mol. The first-order valence-electron chi connectivity index (χ1n) is 6.53. The molecule has 0 fully saturated rings. The third-order valence-corrected chi connectivity index (χ3v) is 3.07. The van der Waals surface area contributed by atoms with Crippen molar-refractivity contribution < 1.29 is 4.74 Å². The zero-order chi connectivity index (χ0) is 13.7. The summed E-state index contributed by atoms with van der Waals surface area (Å²) in [5, 5.41) is 3.42. The van der Waals surface area contributed by atoms with Gasteiger partial charge >= 0.3 is 0 Å². The highest BCUT2D eigenvalue weighted by Crippen LogP contribution is 2.11. The zero-order valence-corrected chi connectivity index (χ0v) is 11.8. The standard InChI is InChI=1S/C15H21N3O/c1-12-4-6-15(7-5-12)19-10-13(2)17-9-14-8-16-11-18(14)3/h4-8,11,13,17H,9-10H2,1-3H3. The number of hydrogen-bond donors (Lipinski definition) is 1. The normalized spacial score (nSPS) is 12.4. The summed E-state index contributed by atoms with van der Waals surface area (Å²) in [5.41, 5.74) is 2.41. The Bertz CT molecular complexity index is 504. The van der Waals surface area contributed by atoms with E-state index in [4.69, 9.17) is 4.74 Å². The molecule has 4 heteroatoms. The minimum atomic E-state index is 0.288. The lowest BCUT2D eigenvalue weighted by Crippen LogP contribution is -2.31. The molecule has 102 valence electrons. The van der Waals surface area contributed by atoms with Gasteiger partial charge in [0.15, 0.2) is 0 Å². The van der Waals surface area contributed by atoms with Crippen LogP contribution in [0, 0.1) is 6.92 Å². The largest absolute Gasteiger partial charge is 0.492 e. The van der Waals surface area contributed by atoms with E-state index in [9.17, 15) is 0 Å². The average molecular weight is 259 g/mol. The van der Waals surface area contributed by atoms with E-state index in [0.29, 0.717) is 6.61 Å². The minimum Gasteiger partial charge on any atom is -0.492 e. The first-order chi connectivity index (χ1) is 9.15. The maximum absolute atomic E-state index is 5.74. The third-order valence-electron chi connectivity index (χ3n) is 3.07. The van der Waals surface area contributed by atoms with E-state index in [1.807, 2.05) is 36.3 Å². The Morgan fingerprint density at radius 1 is 1.32 bits per heavy atom. The molecule has 0 aliphatic heterocycles. The number of benzene rings is 1. The lowest BCUT2D eigenvalue weighted by atomic mass is 10.2. The van der Waals surface area contributed by atoms with Crippen molar-refractivity contribution in [3.63, 3.8) is 0 Å². The molecule has 1 N–H and O–H groups in total. The molecule has 19 heavy (non-hydrogen) atoms. The maximum atomic E-state index is 5.74. The molecule has 1 unspecified atom stereocenters. The molecule has 1 aromatic carbocycles. The van der Waals surface area contributed by atoms with E-state index in [2.05, 4.69) is 36.3 Å². The van der Waals surface area contributed by atoms with Gasteiger partial charge in [-0.05, 0) is 26.0 Å². The summed E-state index contributed by atoms with van der Waals surface area (Å²) in [7, 11) is 2.00. The average Bonchev–Trinajstić information content (AvgIpc) is 2.81. The van der Waals surface area contributed by atoms with Crippen molar-refractivity contribution >= 4 is 0 Å². The molecule has 0 amide bonds. The van der Waals surface area contributed by atoms with Crippen molar-refractivity contribution in [1.29, 1.82) is 0 Å². The molecule has 0 spiro atoms. The molecule has 0 saturated heterocycles. The van der Waals surface area contributed by atoms with Gasteiger partial charge in [0.2, 0.25) is 0 Å². The van der Waals surface area contributed by atoms with E-state index in [0.717, 1.165) is 12.3 Å². The van der Waals surface area contributed by atoms with Crippen LogP contribution in [0.3, 0.4) is 0 Å². The SMILES string of the molecule is Cc1ccc(OCC(C)NCc2cncn2C)cc1. The van der Waals surface area contributed by atoms with E-state index < -0.39 is 0 Å². The highest BCUT2D eigenvalue weighted by atomic mass is 16.5. The number of hydrogen-bond acceptors (Lipinski definition) is 3. The number of nitrogens with zero attached hydrogens (tertiary/aromatic N) is 2. The molecule has 2 rings (SSSR count). The van der Waals surface area contributed by atoms with Gasteiger partial charge < -0.3 is 14.6 Å². The van der Waals surface area contributed by atoms with Gasteiger partial charge in [0.25, 0.3) is 0 Å². The summed E-state index contributed by atoms with van der Waals surface area (Å²) in [6, 6.07) is 8.41. The Hall–Kier alpha value is -1.81. The van der Waals surface area contributed by atoms with Gasteiger partial charge in [0.05, 0.1) is 12.0 Å². The molecule has 0 saturated carbocycles. The topological polar surface area (TPSA) is 39.1 Å². The Labute approximate surface area is 114 Å². The Balaban J connectivity index is 1.74. The van der Waals surface area contributed by atoms with Crippen LogP contribution in [0.25, 0.3) is 0 Å². The molecule has 1 aromatic heterocycles. The Morgan fingerprint density at radius 2 is 2.05 bits per heavy atom. The Morgan fingerprint density at radius 3 is 2.68 bits per heavy atom. The molecular formula is C15H21N3O. The molecule has 1 heterocycles. The first kappa shape index (κ1) is 13.6. The molecular weight excluding hydrogens is 238 g/mol. The van der Waals surface area contributed by atoms with Gasteiger partial charge in [0, 0.05) is 25.8 Å². The van der Waals surface area contributed by atoms with Crippen LogP contribution in [0.5, 0.6) is 5.75 Å². The maximum Gasteiger partial charge on any atom is 0.119 e. The van der Waals surface area contributed by atoms with Crippen molar-refractivity contribution in [3.8, 4) is 5.75 Å². The van der Waals surface area contributed by atoms with Gasteiger partial charge in [0.1, 0.15) is 12.4 Å². The molecule has 0 aliphatic rings. The van der Waals surface area contributed by atoms with Gasteiger partial charge in [-0.25, -0.2) is 4.98 Å². The highest BCUT2D eigenvalue weighted by Gasteiger charge is 2.04. The smallest absolute Gasteiger partial charge is 0.119 e. The molecule has 4 nitrogen and oxygen atoms in total. The molecule has 2 aromatic rings. The number of aromatic nitrogens is 2. The number of rotatable bonds is 6. The summed E-state index contributed by atoms with van der Waals surface area (Å²) >= 11 is 0. The van der Waals surface area contributed by atoms with E-state index in [-0.39, 0.29) is 6.04 Å². The Kier molecular flexibility index (Phi) is 4.58. The molecule has 0 radical (unpaired) electrons. The number of ether oxygens (including phenoxy) is 1. The van der Waals surface area contributed by atoms with Gasteiger partial charge in [-0.2, -0.15) is 0 Å². The van der Waals surface area contributed by atoms with Crippen molar-refractivity contribution in [2.45, 2.75) is 26.4 Å². The van der Waals surface area contributed by atoms with Crippen molar-refractivity contribution in [2.75, 3.05) is 6.61 Å². The van der Waals surface area contributed by atoms with Crippen LogP contribution in [-0.4, -0.2) is 22.2 Å². The van der Waals surface area contributed by atoms with Crippen molar-refractivity contribution in [3.05, 3.63) is 48.0 Å². The van der Waals surface area contributed by atoms with Gasteiger partial charge in [-0.1, -0.05) is 17.7 Å². The summed E-state index contributed by atoms with van der Waals surface area (Å²) < 4.78 is 7.75. The van der Waals surface area contributed by atoms with E-state index in [1.54, 1.807) is 0 Å². The van der Waals surface area contributed by atoms with Gasteiger partial charge in [-0.15, -0.1) is 0 Å². The van der Waals surface area contributed by atoms with Crippen molar-refractivity contribution in [2.24, 2.45) is 7.05 Å². The lowest BCUT2D eigenvalue weighted by Gasteiger charge is -2.15. The third kappa shape index (κ3) is 4.10. The zero-order valence-electron chi connectivity index (χ0n) is 11.8. The fraction of sp³-hybridized carbons (Fsp3) is 0.400. The fourth-order valence-corrected chi connectivity index (χ4v) is 1.75. The highest BCUT2D eigenvalue weighted by molar-refractivity contribution is 5.26. The monoisotopic (exact) mass is 259 g/mol. The minimum absolute atomic E-state index is 0.288. The second-order valence-electron chi connectivity index (χ2n) is 4.90. The van der Waals surface area contributed by atoms with Crippen LogP contribution >= 0.6 is 0 Å². The van der Waals surface area contributed by atoms with Crippen LogP contribution in [0.1, 0.15) is 18.2 Å². The summed E-state index contributed by atoms with van der Waals surface area (Å²) in [4.78, 5) is 4.09. The number of aryl methyl sites for hydroxylation is 2. The van der Waals surface area contributed by atoms with Crippen LogP contribution in [-0.2, 0) is 13.6 Å². The number of imidazole rings is 1. The van der Waals surface area contributed by atoms with Crippen LogP contribution < -0.4 is 10.1 Å². The fourth-order valence-electron chi connectivity index (χ4n) is 1.75. The van der Waals surface area contributed by atoms with Crippen LogP contribution in [0.4, 0.5) is 0 Å². The second kappa shape index (κ2) is 6.38. The molecule has 0 aliphatic carbocycles.